The normalized spacial score (nSPS) is 10.0. The second-order valence-corrected chi connectivity index (χ2v) is 2.61. The molecule has 2 nitrogen and oxygen atoms in total. The molecule has 1 aromatic rings. The number of alkyl halides is 2. The lowest BCUT2D eigenvalue weighted by molar-refractivity contribution is -0.0502. The second kappa shape index (κ2) is 4.01. The first-order valence-electron chi connectivity index (χ1n) is 3.69. The maximum atomic E-state index is 13.0. The van der Waals surface area contributed by atoms with E-state index in [2.05, 4.69) is 4.74 Å². The molecule has 0 unspecified atom stereocenters. The molecule has 14 heavy (non-hydrogen) atoms. The van der Waals surface area contributed by atoms with Crippen LogP contribution < -0.4 is 4.74 Å². The van der Waals surface area contributed by atoms with Crippen LogP contribution in [0.3, 0.4) is 0 Å². The Morgan fingerprint density at radius 3 is 2.57 bits per heavy atom. The van der Waals surface area contributed by atoms with Crippen LogP contribution in [0.25, 0.3) is 0 Å². The quantitative estimate of drug-likeness (QED) is 0.736. The zero-order valence-corrected chi connectivity index (χ0v) is 7.22. The fourth-order valence-corrected chi connectivity index (χ4v) is 1.01. The van der Waals surface area contributed by atoms with E-state index in [1.807, 2.05) is 0 Å². The minimum absolute atomic E-state index is 0.414. The van der Waals surface area contributed by atoms with Gasteiger partial charge in [-0.2, -0.15) is 14.0 Å². The van der Waals surface area contributed by atoms with E-state index < -0.39 is 23.7 Å². The maximum Gasteiger partial charge on any atom is 0.387 e. The number of halogens is 3. The molecular weight excluding hydrogens is 195 g/mol. The van der Waals surface area contributed by atoms with Crippen molar-refractivity contribution in [2.45, 2.75) is 13.5 Å². The van der Waals surface area contributed by atoms with Gasteiger partial charge in [0.1, 0.15) is 23.2 Å². The van der Waals surface area contributed by atoms with Crippen LogP contribution in [0.1, 0.15) is 11.1 Å². The smallest absolute Gasteiger partial charge is 0.387 e. The number of hydrogen-bond acceptors (Lipinski definition) is 2. The van der Waals surface area contributed by atoms with Gasteiger partial charge in [0.05, 0.1) is 0 Å². The molecular formula is C9H6F3NO. The van der Waals surface area contributed by atoms with Crippen molar-refractivity contribution in [1.82, 2.24) is 0 Å². The molecule has 1 aromatic carbocycles. The van der Waals surface area contributed by atoms with Crippen LogP contribution in [0.15, 0.2) is 12.1 Å². The third-order valence-electron chi connectivity index (χ3n) is 1.53. The van der Waals surface area contributed by atoms with E-state index >= 15 is 0 Å². The molecule has 0 saturated heterocycles. The highest BCUT2D eigenvalue weighted by molar-refractivity contribution is 5.46. The lowest BCUT2D eigenvalue weighted by Gasteiger charge is -2.07. The summed E-state index contributed by atoms with van der Waals surface area (Å²) in [4.78, 5) is 0. The fraction of sp³-hybridized carbons (Fsp3) is 0.222. The van der Waals surface area contributed by atoms with Crippen LogP contribution in [-0.4, -0.2) is 6.61 Å². The molecule has 1 rings (SSSR count). The topological polar surface area (TPSA) is 33.0 Å². The Bertz CT molecular complexity index is 384. The van der Waals surface area contributed by atoms with E-state index in [4.69, 9.17) is 5.26 Å². The summed E-state index contributed by atoms with van der Waals surface area (Å²) >= 11 is 0. The van der Waals surface area contributed by atoms with Gasteiger partial charge >= 0.3 is 6.61 Å². The predicted octanol–water partition coefficient (Wildman–Crippen LogP) is 2.61. The summed E-state index contributed by atoms with van der Waals surface area (Å²) in [7, 11) is 0. The average Bonchev–Trinajstić information content (AvgIpc) is 2.01. The number of nitrogens with zero attached hydrogens (tertiary/aromatic N) is 1. The first kappa shape index (κ1) is 10.4. The van der Waals surface area contributed by atoms with Gasteiger partial charge in [-0.3, -0.25) is 0 Å². The van der Waals surface area contributed by atoms with E-state index in [1.54, 1.807) is 0 Å². The SMILES string of the molecule is Cc1cc(F)c(C#N)c(OC(F)F)c1. The standard InChI is InChI=1S/C9H6F3NO/c1-5-2-7(10)6(4-13)8(3-5)14-9(11)12/h2-3,9H,1H3. The fourth-order valence-electron chi connectivity index (χ4n) is 1.01. The molecule has 0 aliphatic rings. The molecule has 0 N–H and O–H groups in total. The van der Waals surface area contributed by atoms with Crippen molar-refractivity contribution in [3.8, 4) is 11.8 Å². The number of hydrogen-bond donors (Lipinski definition) is 0. The minimum Gasteiger partial charge on any atom is -0.433 e. The Morgan fingerprint density at radius 2 is 2.07 bits per heavy atom. The van der Waals surface area contributed by atoms with E-state index in [9.17, 15) is 13.2 Å². The zero-order chi connectivity index (χ0) is 10.7. The Labute approximate surface area is 78.5 Å². The zero-order valence-electron chi connectivity index (χ0n) is 7.22. The molecule has 0 radical (unpaired) electrons. The van der Waals surface area contributed by atoms with Crippen molar-refractivity contribution in [2.24, 2.45) is 0 Å². The molecule has 0 atom stereocenters. The van der Waals surface area contributed by atoms with Crippen LogP contribution in [0.4, 0.5) is 13.2 Å². The lowest BCUT2D eigenvalue weighted by Crippen LogP contribution is -2.04. The van der Waals surface area contributed by atoms with E-state index in [1.165, 1.54) is 19.1 Å². The molecule has 5 heteroatoms. The highest BCUT2D eigenvalue weighted by Gasteiger charge is 2.14. The summed E-state index contributed by atoms with van der Waals surface area (Å²) in [5, 5.41) is 8.49. The van der Waals surface area contributed by atoms with E-state index in [0.717, 1.165) is 6.07 Å². The van der Waals surface area contributed by atoms with Gasteiger partial charge in [0, 0.05) is 0 Å². The van der Waals surface area contributed by atoms with Crippen LogP contribution in [-0.2, 0) is 0 Å². The van der Waals surface area contributed by atoms with Gasteiger partial charge in [-0.15, -0.1) is 0 Å². The Balaban J connectivity index is 3.20. The summed E-state index contributed by atoms with van der Waals surface area (Å²) < 4.78 is 40.7. The first-order chi connectivity index (χ1) is 6.54. The molecule has 0 aliphatic carbocycles. The summed E-state index contributed by atoms with van der Waals surface area (Å²) in [6, 6.07) is 3.73. The number of nitriles is 1. The minimum atomic E-state index is -3.07. The highest BCUT2D eigenvalue weighted by Crippen LogP contribution is 2.24. The molecule has 0 amide bonds. The van der Waals surface area contributed by atoms with Gasteiger partial charge in [0.2, 0.25) is 0 Å². The Morgan fingerprint density at radius 1 is 1.43 bits per heavy atom. The van der Waals surface area contributed by atoms with Crippen molar-refractivity contribution < 1.29 is 17.9 Å². The van der Waals surface area contributed by atoms with Gasteiger partial charge < -0.3 is 4.74 Å². The van der Waals surface area contributed by atoms with Gasteiger partial charge in [-0.25, -0.2) is 4.39 Å². The van der Waals surface area contributed by atoms with Crippen molar-refractivity contribution in [3.63, 3.8) is 0 Å². The van der Waals surface area contributed by atoms with Gasteiger partial charge in [0.15, 0.2) is 0 Å². The Hall–Kier alpha value is -1.70. The number of rotatable bonds is 2. The third kappa shape index (κ3) is 2.16. The van der Waals surface area contributed by atoms with Crippen LogP contribution in [0, 0.1) is 24.1 Å². The van der Waals surface area contributed by atoms with Crippen molar-refractivity contribution in [1.29, 1.82) is 5.26 Å². The molecule has 0 aliphatic heterocycles. The molecule has 0 bridgehead atoms. The largest absolute Gasteiger partial charge is 0.433 e. The monoisotopic (exact) mass is 201 g/mol. The van der Waals surface area contributed by atoms with Crippen LogP contribution >= 0.6 is 0 Å². The van der Waals surface area contributed by atoms with E-state index in [-0.39, 0.29) is 0 Å². The second-order valence-electron chi connectivity index (χ2n) is 2.61. The van der Waals surface area contributed by atoms with Gasteiger partial charge in [0.25, 0.3) is 0 Å². The first-order valence-corrected chi connectivity index (χ1v) is 3.69. The molecule has 0 saturated carbocycles. The van der Waals surface area contributed by atoms with Gasteiger partial charge in [-0.05, 0) is 24.6 Å². The van der Waals surface area contributed by atoms with Crippen LogP contribution in [0.5, 0.6) is 5.75 Å². The lowest BCUT2D eigenvalue weighted by atomic mass is 10.1. The summed E-state index contributed by atoms with van der Waals surface area (Å²) in [6.07, 6.45) is 0. The van der Waals surface area contributed by atoms with E-state index in [0.29, 0.717) is 5.56 Å². The van der Waals surface area contributed by atoms with Crippen molar-refractivity contribution in [3.05, 3.63) is 29.1 Å². The summed E-state index contributed by atoms with van der Waals surface area (Å²) in [5.74, 6) is -1.29. The van der Waals surface area contributed by atoms with Crippen molar-refractivity contribution >= 4 is 0 Å². The molecule has 74 valence electrons. The summed E-state index contributed by atoms with van der Waals surface area (Å²) in [5.41, 5.74) is -0.0898. The highest BCUT2D eigenvalue weighted by atomic mass is 19.3. The van der Waals surface area contributed by atoms with Gasteiger partial charge in [-0.1, -0.05) is 0 Å². The molecule has 0 heterocycles. The summed E-state index contributed by atoms with van der Waals surface area (Å²) in [6.45, 7) is -1.55. The number of aryl methyl sites for hydroxylation is 1. The number of ether oxygens (including phenoxy) is 1. The average molecular weight is 201 g/mol. The number of benzene rings is 1. The predicted molar refractivity (Wildman–Crippen MR) is 42.5 cm³/mol. The van der Waals surface area contributed by atoms with Crippen LogP contribution in [0.2, 0.25) is 0 Å². The third-order valence-corrected chi connectivity index (χ3v) is 1.53. The molecule has 0 spiro atoms. The maximum absolute atomic E-state index is 13.0. The molecule has 0 aromatic heterocycles. The molecule has 0 fully saturated rings. The Kier molecular flexibility index (Phi) is 2.97. The van der Waals surface area contributed by atoms with Crippen molar-refractivity contribution in [2.75, 3.05) is 0 Å².